The Balaban J connectivity index is 2.40. The van der Waals surface area contributed by atoms with Gasteiger partial charge in [-0.3, -0.25) is 10.8 Å². The highest BCUT2D eigenvalue weighted by Crippen LogP contribution is 2.26. The number of nitrogens with one attached hydrogen (secondary N) is 1. The monoisotopic (exact) mass is 238 g/mol. The first kappa shape index (κ1) is 11.1. The second kappa shape index (κ2) is 4.65. The molecule has 0 bridgehead atoms. The predicted molar refractivity (Wildman–Crippen MR) is 60.2 cm³/mol. The van der Waals surface area contributed by atoms with Crippen molar-refractivity contribution in [1.29, 1.82) is 0 Å². The van der Waals surface area contributed by atoms with Gasteiger partial charge in [0.25, 0.3) is 0 Å². The topological polar surface area (TPSA) is 63.8 Å². The molecule has 2 aromatic rings. The maximum atomic E-state index is 13.1. The number of aromatic nitrogens is 2. The summed E-state index contributed by atoms with van der Waals surface area (Å²) in [6.45, 7) is 1.89. The first-order valence-corrected chi connectivity index (χ1v) is 5.57. The summed E-state index contributed by atoms with van der Waals surface area (Å²) < 4.78 is 13.1. The molecule has 2 heterocycles. The normalized spacial score (nSPS) is 12.7. The van der Waals surface area contributed by atoms with E-state index in [1.54, 1.807) is 11.7 Å². The summed E-state index contributed by atoms with van der Waals surface area (Å²) in [5.41, 5.74) is 5.97. The Kier molecular flexibility index (Phi) is 3.23. The third-order valence-corrected chi connectivity index (χ3v) is 3.27. The molecule has 4 nitrogen and oxygen atoms in total. The third kappa shape index (κ3) is 2.08. The number of thiazole rings is 1. The van der Waals surface area contributed by atoms with Crippen LogP contribution in [0.2, 0.25) is 0 Å². The maximum absolute atomic E-state index is 13.1. The van der Waals surface area contributed by atoms with Gasteiger partial charge in [-0.05, 0) is 18.6 Å². The molecule has 2 rings (SSSR count). The molecule has 2 aromatic heterocycles. The molecule has 6 heteroatoms. The Morgan fingerprint density at radius 1 is 1.50 bits per heavy atom. The first-order chi connectivity index (χ1) is 7.72. The minimum atomic E-state index is -0.375. The van der Waals surface area contributed by atoms with E-state index in [0.717, 1.165) is 16.8 Å². The molecule has 0 saturated carbocycles. The highest BCUT2D eigenvalue weighted by molar-refractivity contribution is 7.09. The third-order valence-electron chi connectivity index (χ3n) is 2.27. The molecule has 84 valence electrons. The molecule has 3 N–H and O–H groups in total. The fourth-order valence-electron chi connectivity index (χ4n) is 1.50. The molecule has 0 radical (unpaired) electrons. The molecule has 0 amide bonds. The number of pyridine rings is 1. The van der Waals surface area contributed by atoms with Gasteiger partial charge in [-0.1, -0.05) is 0 Å². The van der Waals surface area contributed by atoms with Crippen LogP contribution in [-0.2, 0) is 0 Å². The number of nitrogens with zero attached hydrogens (tertiary/aromatic N) is 2. The standard InChI is InChI=1S/C10H11FN4S/c1-6-10(16-5-14-6)9(15-12)7-2-8(11)4-13-3-7/h2-5,9,15H,12H2,1H3. The molecule has 16 heavy (non-hydrogen) atoms. The Morgan fingerprint density at radius 2 is 2.31 bits per heavy atom. The molecule has 0 aliphatic carbocycles. The summed E-state index contributed by atoms with van der Waals surface area (Å²) in [6.07, 6.45) is 2.75. The molecule has 0 aliphatic rings. The van der Waals surface area contributed by atoms with E-state index in [2.05, 4.69) is 15.4 Å². The zero-order chi connectivity index (χ0) is 11.5. The summed E-state index contributed by atoms with van der Waals surface area (Å²) in [5.74, 6) is 5.12. The second-order valence-electron chi connectivity index (χ2n) is 3.34. The van der Waals surface area contributed by atoms with Crippen LogP contribution in [0.3, 0.4) is 0 Å². The van der Waals surface area contributed by atoms with Crippen LogP contribution in [0.4, 0.5) is 4.39 Å². The van der Waals surface area contributed by atoms with Crippen molar-refractivity contribution in [1.82, 2.24) is 15.4 Å². The van der Waals surface area contributed by atoms with Crippen molar-refractivity contribution in [3.8, 4) is 0 Å². The van der Waals surface area contributed by atoms with Crippen molar-refractivity contribution in [2.24, 2.45) is 5.84 Å². The molecule has 0 saturated heterocycles. The Hall–Kier alpha value is -1.37. The van der Waals surface area contributed by atoms with Gasteiger partial charge >= 0.3 is 0 Å². The molecule has 0 spiro atoms. The van der Waals surface area contributed by atoms with Crippen molar-refractivity contribution >= 4 is 11.3 Å². The summed E-state index contributed by atoms with van der Waals surface area (Å²) >= 11 is 1.48. The van der Waals surface area contributed by atoms with Gasteiger partial charge in [0.2, 0.25) is 0 Å². The predicted octanol–water partition coefficient (Wildman–Crippen LogP) is 1.54. The minimum absolute atomic E-state index is 0.268. The lowest BCUT2D eigenvalue weighted by molar-refractivity contribution is 0.599. The van der Waals surface area contributed by atoms with E-state index in [1.165, 1.54) is 17.4 Å². The van der Waals surface area contributed by atoms with Gasteiger partial charge < -0.3 is 0 Å². The fraction of sp³-hybridized carbons (Fsp3) is 0.200. The molecule has 0 aromatic carbocycles. The molecule has 1 unspecified atom stereocenters. The quantitative estimate of drug-likeness (QED) is 0.629. The van der Waals surface area contributed by atoms with Gasteiger partial charge in [0.15, 0.2) is 0 Å². The van der Waals surface area contributed by atoms with Gasteiger partial charge in [-0.2, -0.15) is 0 Å². The number of aryl methyl sites for hydroxylation is 1. The molecule has 0 fully saturated rings. The van der Waals surface area contributed by atoms with Crippen molar-refractivity contribution in [2.75, 3.05) is 0 Å². The Morgan fingerprint density at radius 3 is 2.88 bits per heavy atom. The fourth-order valence-corrected chi connectivity index (χ4v) is 2.39. The molecule has 0 aliphatic heterocycles. The number of nitrogens with two attached hydrogens (primary N) is 1. The van der Waals surface area contributed by atoms with Crippen LogP contribution in [-0.4, -0.2) is 9.97 Å². The van der Waals surface area contributed by atoms with Gasteiger partial charge in [0.05, 0.1) is 28.3 Å². The number of hydrogen-bond acceptors (Lipinski definition) is 5. The average molecular weight is 238 g/mol. The van der Waals surface area contributed by atoms with Crippen molar-refractivity contribution < 1.29 is 4.39 Å². The highest BCUT2D eigenvalue weighted by Gasteiger charge is 2.17. The van der Waals surface area contributed by atoms with Gasteiger partial charge in [-0.25, -0.2) is 14.8 Å². The lowest BCUT2D eigenvalue weighted by Gasteiger charge is -2.14. The van der Waals surface area contributed by atoms with Crippen LogP contribution in [0.1, 0.15) is 22.2 Å². The Bertz CT molecular complexity index is 485. The van der Waals surface area contributed by atoms with E-state index in [0.29, 0.717) is 5.56 Å². The van der Waals surface area contributed by atoms with Crippen molar-refractivity contribution in [3.05, 3.63) is 45.9 Å². The zero-order valence-electron chi connectivity index (χ0n) is 8.64. The minimum Gasteiger partial charge on any atom is -0.271 e. The smallest absolute Gasteiger partial charge is 0.141 e. The summed E-state index contributed by atoms with van der Waals surface area (Å²) in [7, 11) is 0. The number of hydrogen-bond donors (Lipinski definition) is 2. The first-order valence-electron chi connectivity index (χ1n) is 4.69. The van der Waals surface area contributed by atoms with Gasteiger partial charge in [0.1, 0.15) is 5.82 Å². The average Bonchev–Trinajstić information content (AvgIpc) is 2.67. The lowest BCUT2D eigenvalue weighted by atomic mass is 10.1. The van der Waals surface area contributed by atoms with E-state index in [1.807, 2.05) is 6.92 Å². The number of rotatable bonds is 3. The van der Waals surface area contributed by atoms with E-state index in [-0.39, 0.29) is 11.9 Å². The van der Waals surface area contributed by atoms with E-state index in [4.69, 9.17) is 5.84 Å². The SMILES string of the molecule is Cc1ncsc1C(NN)c1cncc(F)c1. The van der Waals surface area contributed by atoms with Crippen LogP contribution in [0.15, 0.2) is 24.0 Å². The van der Waals surface area contributed by atoms with Crippen molar-refractivity contribution in [3.63, 3.8) is 0 Å². The number of halogens is 1. The van der Waals surface area contributed by atoms with E-state index in [9.17, 15) is 4.39 Å². The summed E-state index contributed by atoms with van der Waals surface area (Å²) in [5, 5.41) is 0. The van der Waals surface area contributed by atoms with Crippen LogP contribution in [0.5, 0.6) is 0 Å². The molecule has 1 atom stereocenters. The second-order valence-corrected chi connectivity index (χ2v) is 4.22. The summed E-state index contributed by atoms with van der Waals surface area (Å²) in [4.78, 5) is 8.92. The van der Waals surface area contributed by atoms with Gasteiger partial charge in [0, 0.05) is 6.20 Å². The van der Waals surface area contributed by atoms with Crippen LogP contribution < -0.4 is 11.3 Å². The highest BCUT2D eigenvalue weighted by atomic mass is 32.1. The van der Waals surface area contributed by atoms with Crippen LogP contribution in [0.25, 0.3) is 0 Å². The largest absolute Gasteiger partial charge is 0.271 e. The zero-order valence-corrected chi connectivity index (χ0v) is 9.46. The van der Waals surface area contributed by atoms with Crippen LogP contribution in [0, 0.1) is 12.7 Å². The van der Waals surface area contributed by atoms with Crippen molar-refractivity contribution in [2.45, 2.75) is 13.0 Å². The maximum Gasteiger partial charge on any atom is 0.141 e. The molecular weight excluding hydrogens is 227 g/mol. The molecular formula is C10H11FN4S. The lowest BCUT2D eigenvalue weighted by Crippen LogP contribution is -2.28. The van der Waals surface area contributed by atoms with E-state index >= 15 is 0 Å². The van der Waals surface area contributed by atoms with Crippen LogP contribution >= 0.6 is 11.3 Å². The summed E-state index contributed by atoms with van der Waals surface area (Å²) in [6, 6.07) is 1.15. The number of hydrazine groups is 1. The van der Waals surface area contributed by atoms with E-state index < -0.39 is 0 Å². The Labute approximate surface area is 96.3 Å². The van der Waals surface area contributed by atoms with Gasteiger partial charge in [-0.15, -0.1) is 11.3 Å².